The van der Waals surface area contributed by atoms with Crippen LogP contribution in [0.1, 0.15) is 17.4 Å². The summed E-state index contributed by atoms with van der Waals surface area (Å²) < 4.78 is 2.69. The molecule has 16 heavy (non-hydrogen) atoms. The van der Waals surface area contributed by atoms with Crippen molar-refractivity contribution in [2.24, 2.45) is 0 Å². The van der Waals surface area contributed by atoms with Gasteiger partial charge in [-0.15, -0.1) is 11.3 Å². The lowest BCUT2D eigenvalue weighted by molar-refractivity contribution is 0.0689. The van der Waals surface area contributed by atoms with E-state index >= 15 is 0 Å². The number of thiophene rings is 1. The van der Waals surface area contributed by atoms with Crippen molar-refractivity contribution in [3.05, 3.63) is 27.7 Å². The van der Waals surface area contributed by atoms with Gasteiger partial charge in [0.15, 0.2) is 5.69 Å². The summed E-state index contributed by atoms with van der Waals surface area (Å²) >= 11 is 4.93. The highest BCUT2D eigenvalue weighted by Crippen LogP contribution is 2.30. The van der Waals surface area contributed by atoms with Gasteiger partial charge in [0.2, 0.25) is 0 Å². The Morgan fingerprint density at radius 3 is 2.88 bits per heavy atom. The van der Waals surface area contributed by atoms with Crippen molar-refractivity contribution >= 4 is 33.2 Å². The maximum Gasteiger partial charge on any atom is 0.356 e. The molecule has 0 amide bonds. The molecule has 0 aliphatic heterocycles. The zero-order valence-electron chi connectivity index (χ0n) is 8.48. The predicted octanol–water partition coefficient (Wildman–Crippen LogP) is 3.09. The van der Waals surface area contributed by atoms with Gasteiger partial charge in [0.05, 0.1) is 10.6 Å². The average molecular weight is 301 g/mol. The van der Waals surface area contributed by atoms with Crippen molar-refractivity contribution < 1.29 is 9.90 Å². The second-order valence-corrected chi connectivity index (χ2v) is 4.99. The van der Waals surface area contributed by atoms with E-state index in [9.17, 15) is 4.79 Å². The average Bonchev–Trinajstić information content (AvgIpc) is 2.82. The predicted molar refractivity (Wildman–Crippen MR) is 65.9 cm³/mol. The van der Waals surface area contributed by atoms with Crippen molar-refractivity contribution in [2.75, 3.05) is 0 Å². The molecule has 0 aliphatic carbocycles. The van der Waals surface area contributed by atoms with Crippen LogP contribution in [-0.4, -0.2) is 20.9 Å². The first-order valence-electron chi connectivity index (χ1n) is 4.67. The summed E-state index contributed by atoms with van der Waals surface area (Å²) in [6.07, 6.45) is 0. The Morgan fingerprint density at radius 1 is 1.62 bits per heavy atom. The number of carbonyl (C=O) groups is 1. The number of aromatic carboxylic acids is 1. The molecule has 2 aromatic rings. The standard InChI is InChI=1S/C10H9BrN2O2S/c1-2-13-8(4-7(12-13)10(14)15)9-3-6(11)5-16-9/h3-5H,2H2,1H3,(H,14,15). The Bertz CT molecular complexity index is 533. The minimum absolute atomic E-state index is 0.0846. The van der Waals surface area contributed by atoms with Gasteiger partial charge in [-0.05, 0) is 35.0 Å². The third-order valence-corrected chi connectivity index (χ3v) is 3.83. The molecule has 0 unspecified atom stereocenters. The van der Waals surface area contributed by atoms with Crippen LogP contribution in [0.3, 0.4) is 0 Å². The van der Waals surface area contributed by atoms with Crippen LogP contribution in [0, 0.1) is 0 Å². The molecular formula is C10H9BrN2O2S. The Labute approximate surface area is 105 Å². The van der Waals surface area contributed by atoms with Gasteiger partial charge in [-0.2, -0.15) is 5.10 Å². The normalized spacial score (nSPS) is 10.6. The second kappa shape index (κ2) is 4.39. The molecule has 1 N–H and O–H groups in total. The fourth-order valence-electron chi connectivity index (χ4n) is 1.41. The molecule has 6 heteroatoms. The lowest BCUT2D eigenvalue weighted by Gasteiger charge is -2.00. The highest BCUT2D eigenvalue weighted by Gasteiger charge is 2.14. The van der Waals surface area contributed by atoms with Crippen molar-refractivity contribution in [2.45, 2.75) is 13.5 Å². The summed E-state index contributed by atoms with van der Waals surface area (Å²) in [4.78, 5) is 11.8. The quantitative estimate of drug-likeness (QED) is 0.947. The number of halogens is 1. The minimum atomic E-state index is -0.996. The Hall–Kier alpha value is -1.14. The first-order chi connectivity index (χ1) is 7.61. The Balaban J connectivity index is 2.51. The molecule has 0 atom stereocenters. The van der Waals surface area contributed by atoms with E-state index in [2.05, 4.69) is 21.0 Å². The van der Waals surface area contributed by atoms with Gasteiger partial charge in [-0.1, -0.05) is 0 Å². The maximum absolute atomic E-state index is 10.8. The van der Waals surface area contributed by atoms with E-state index in [1.165, 1.54) is 0 Å². The van der Waals surface area contributed by atoms with Crippen LogP contribution in [0.5, 0.6) is 0 Å². The number of aromatic nitrogens is 2. The summed E-state index contributed by atoms with van der Waals surface area (Å²) in [5.74, 6) is -0.996. The summed E-state index contributed by atoms with van der Waals surface area (Å²) in [7, 11) is 0. The molecule has 0 fully saturated rings. The highest BCUT2D eigenvalue weighted by molar-refractivity contribution is 9.10. The molecular weight excluding hydrogens is 292 g/mol. The lowest BCUT2D eigenvalue weighted by Crippen LogP contribution is -2.02. The van der Waals surface area contributed by atoms with Crippen LogP contribution >= 0.6 is 27.3 Å². The van der Waals surface area contributed by atoms with Gasteiger partial charge in [0.25, 0.3) is 0 Å². The van der Waals surface area contributed by atoms with Gasteiger partial charge in [-0.3, -0.25) is 4.68 Å². The van der Waals surface area contributed by atoms with Crippen LogP contribution < -0.4 is 0 Å². The summed E-state index contributed by atoms with van der Waals surface area (Å²) in [6, 6.07) is 3.56. The number of nitrogens with zero attached hydrogens (tertiary/aromatic N) is 2. The van der Waals surface area contributed by atoms with Crippen molar-refractivity contribution in [1.82, 2.24) is 9.78 Å². The largest absolute Gasteiger partial charge is 0.476 e. The molecule has 2 aromatic heterocycles. The smallest absolute Gasteiger partial charge is 0.356 e. The lowest BCUT2D eigenvalue weighted by atomic mass is 10.3. The number of aryl methyl sites for hydroxylation is 1. The number of hydrogen-bond donors (Lipinski definition) is 1. The van der Waals surface area contributed by atoms with E-state index in [0.717, 1.165) is 15.0 Å². The van der Waals surface area contributed by atoms with E-state index in [1.807, 2.05) is 18.4 Å². The SMILES string of the molecule is CCn1nc(C(=O)O)cc1-c1cc(Br)cs1. The topological polar surface area (TPSA) is 55.1 Å². The minimum Gasteiger partial charge on any atom is -0.476 e. The molecule has 2 heterocycles. The second-order valence-electron chi connectivity index (χ2n) is 3.16. The zero-order valence-corrected chi connectivity index (χ0v) is 10.9. The Morgan fingerprint density at radius 2 is 2.38 bits per heavy atom. The van der Waals surface area contributed by atoms with Gasteiger partial charge >= 0.3 is 5.97 Å². The van der Waals surface area contributed by atoms with E-state index < -0.39 is 5.97 Å². The van der Waals surface area contributed by atoms with Crippen molar-refractivity contribution in [1.29, 1.82) is 0 Å². The molecule has 84 valence electrons. The van der Waals surface area contributed by atoms with Gasteiger partial charge in [0.1, 0.15) is 0 Å². The van der Waals surface area contributed by atoms with Crippen LogP contribution in [-0.2, 0) is 6.54 Å². The summed E-state index contributed by atoms with van der Waals surface area (Å²) in [5, 5.41) is 14.9. The van der Waals surface area contributed by atoms with E-state index in [-0.39, 0.29) is 5.69 Å². The maximum atomic E-state index is 10.8. The van der Waals surface area contributed by atoms with Crippen LogP contribution in [0.2, 0.25) is 0 Å². The fourth-order valence-corrected chi connectivity index (χ4v) is 2.86. The van der Waals surface area contributed by atoms with E-state index in [4.69, 9.17) is 5.11 Å². The number of carboxylic acid groups (broad SMARTS) is 1. The van der Waals surface area contributed by atoms with Gasteiger partial charge < -0.3 is 5.11 Å². The molecule has 0 bridgehead atoms. The van der Waals surface area contributed by atoms with Crippen LogP contribution in [0.4, 0.5) is 0 Å². The third-order valence-electron chi connectivity index (χ3n) is 2.12. The van der Waals surface area contributed by atoms with E-state index in [1.54, 1.807) is 22.1 Å². The number of carboxylic acids is 1. The van der Waals surface area contributed by atoms with E-state index in [0.29, 0.717) is 6.54 Å². The van der Waals surface area contributed by atoms with Gasteiger partial charge in [-0.25, -0.2) is 4.79 Å². The Kier molecular flexibility index (Phi) is 3.11. The molecule has 0 aliphatic rings. The first kappa shape index (κ1) is 11.3. The molecule has 0 spiro atoms. The van der Waals surface area contributed by atoms with Crippen molar-refractivity contribution in [3.8, 4) is 10.6 Å². The fraction of sp³-hybridized carbons (Fsp3) is 0.200. The number of rotatable bonds is 3. The zero-order chi connectivity index (χ0) is 11.7. The monoisotopic (exact) mass is 300 g/mol. The molecule has 0 saturated carbocycles. The molecule has 2 rings (SSSR count). The molecule has 0 aromatic carbocycles. The summed E-state index contributed by atoms with van der Waals surface area (Å²) in [6.45, 7) is 2.59. The summed E-state index contributed by atoms with van der Waals surface area (Å²) in [5.41, 5.74) is 0.928. The third kappa shape index (κ3) is 2.03. The number of hydrogen-bond acceptors (Lipinski definition) is 3. The molecule has 0 saturated heterocycles. The first-order valence-corrected chi connectivity index (χ1v) is 6.34. The molecule has 4 nitrogen and oxygen atoms in total. The van der Waals surface area contributed by atoms with Crippen LogP contribution in [0.15, 0.2) is 22.0 Å². The molecule has 0 radical (unpaired) electrons. The van der Waals surface area contributed by atoms with Crippen LogP contribution in [0.25, 0.3) is 10.6 Å². The van der Waals surface area contributed by atoms with Gasteiger partial charge in [0, 0.05) is 16.4 Å². The van der Waals surface area contributed by atoms with Crippen molar-refractivity contribution in [3.63, 3.8) is 0 Å². The highest BCUT2D eigenvalue weighted by atomic mass is 79.9.